The number of thioether (sulfide) groups is 1. The maximum absolute atomic E-state index is 13.8. The van der Waals surface area contributed by atoms with Gasteiger partial charge in [-0.1, -0.05) is 6.07 Å². The van der Waals surface area contributed by atoms with Gasteiger partial charge in [0.15, 0.2) is 0 Å². The Labute approximate surface area is 121 Å². The molecule has 0 bridgehead atoms. The third-order valence-electron chi connectivity index (χ3n) is 2.98. The van der Waals surface area contributed by atoms with E-state index in [1.165, 1.54) is 30.0 Å². The lowest BCUT2D eigenvalue weighted by Crippen LogP contribution is -2.54. The van der Waals surface area contributed by atoms with E-state index < -0.39 is 23.2 Å². The zero-order chi connectivity index (χ0) is 14.0. The predicted octanol–water partition coefficient (Wildman–Crippen LogP) is 2.28. The van der Waals surface area contributed by atoms with Crippen molar-refractivity contribution in [2.75, 3.05) is 11.5 Å². The molecule has 7 heteroatoms. The molecule has 1 fully saturated rings. The second-order valence-electron chi connectivity index (χ2n) is 4.25. The monoisotopic (exact) mass is 347 g/mol. The topological polar surface area (TPSA) is 66.4 Å². The molecule has 1 aromatic carbocycles. The lowest BCUT2D eigenvalue weighted by molar-refractivity contribution is -0.143. The van der Waals surface area contributed by atoms with Crippen LogP contribution in [-0.2, 0) is 4.79 Å². The molecule has 1 aliphatic heterocycles. The maximum atomic E-state index is 13.8. The van der Waals surface area contributed by atoms with Gasteiger partial charge in [0.05, 0.1) is 10.0 Å². The molecule has 1 aliphatic rings. The Kier molecular flexibility index (Phi) is 4.15. The van der Waals surface area contributed by atoms with Crippen LogP contribution >= 0.6 is 27.7 Å². The third-order valence-corrected chi connectivity index (χ3v) is 4.78. The number of hydrogen-bond donors (Lipinski definition) is 2. The highest BCUT2D eigenvalue weighted by atomic mass is 79.9. The molecule has 0 spiro atoms. The molecule has 1 amide bonds. The molecule has 0 radical (unpaired) electrons. The minimum Gasteiger partial charge on any atom is -0.479 e. The second-order valence-corrected chi connectivity index (χ2v) is 6.20. The molecule has 1 heterocycles. The number of carboxylic acid groups (broad SMARTS) is 1. The van der Waals surface area contributed by atoms with Gasteiger partial charge in [-0.15, -0.1) is 0 Å². The van der Waals surface area contributed by atoms with E-state index in [9.17, 15) is 19.1 Å². The molecule has 0 aromatic heterocycles. The van der Waals surface area contributed by atoms with E-state index in [-0.39, 0.29) is 10.0 Å². The maximum Gasteiger partial charge on any atom is 0.330 e. The van der Waals surface area contributed by atoms with Gasteiger partial charge < -0.3 is 10.4 Å². The van der Waals surface area contributed by atoms with E-state index in [2.05, 4.69) is 21.2 Å². The summed E-state index contributed by atoms with van der Waals surface area (Å²) >= 11 is 4.45. The van der Waals surface area contributed by atoms with Crippen LogP contribution < -0.4 is 5.32 Å². The minimum atomic E-state index is -1.30. The Balaban J connectivity index is 2.25. The molecule has 1 atom stereocenters. The van der Waals surface area contributed by atoms with Crippen LogP contribution in [0.25, 0.3) is 0 Å². The van der Waals surface area contributed by atoms with Crippen LogP contribution in [0.4, 0.5) is 4.39 Å². The van der Waals surface area contributed by atoms with Crippen LogP contribution in [0.15, 0.2) is 22.7 Å². The van der Waals surface area contributed by atoms with Crippen molar-refractivity contribution in [2.45, 2.75) is 12.0 Å². The van der Waals surface area contributed by atoms with Crippen molar-refractivity contribution >= 4 is 39.6 Å². The molecular formula is C12H11BrFNO3S. The van der Waals surface area contributed by atoms with E-state index in [0.29, 0.717) is 17.9 Å². The first-order valence-corrected chi connectivity index (χ1v) is 7.49. The fourth-order valence-corrected chi connectivity index (χ4v) is 3.54. The van der Waals surface area contributed by atoms with E-state index >= 15 is 0 Å². The summed E-state index contributed by atoms with van der Waals surface area (Å²) in [7, 11) is 0. The Morgan fingerprint density at radius 3 is 2.79 bits per heavy atom. The van der Waals surface area contributed by atoms with Crippen molar-refractivity contribution in [1.82, 2.24) is 5.32 Å². The molecule has 0 saturated carbocycles. The summed E-state index contributed by atoms with van der Waals surface area (Å²) in [6.07, 6.45) is 0.342. The van der Waals surface area contributed by atoms with Gasteiger partial charge in [0, 0.05) is 5.75 Å². The highest BCUT2D eigenvalue weighted by molar-refractivity contribution is 9.10. The van der Waals surface area contributed by atoms with Crippen molar-refractivity contribution in [3.8, 4) is 0 Å². The minimum absolute atomic E-state index is 0.160. The quantitative estimate of drug-likeness (QED) is 0.880. The zero-order valence-corrected chi connectivity index (χ0v) is 12.2. The first-order chi connectivity index (χ1) is 8.96. The van der Waals surface area contributed by atoms with Gasteiger partial charge in [-0.05, 0) is 40.2 Å². The summed E-state index contributed by atoms with van der Waals surface area (Å²) in [5.41, 5.74) is -1.46. The summed E-state index contributed by atoms with van der Waals surface area (Å²) in [5, 5.41) is 11.7. The number of hydrogen-bond acceptors (Lipinski definition) is 3. The number of rotatable bonds is 3. The summed E-state index contributed by atoms with van der Waals surface area (Å²) in [4.78, 5) is 23.3. The van der Waals surface area contributed by atoms with E-state index in [1.54, 1.807) is 0 Å². The van der Waals surface area contributed by atoms with E-state index in [0.717, 1.165) is 0 Å². The molecule has 4 nitrogen and oxygen atoms in total. The average molecular weight is 348 g/mol. The lowest BCUT2D eigenvalue weighted by Gasteiger charge is -2.24. The molecule has 1 saturated heterocycles. The van der Waals surface area contributed by atoms with Crippen molar-refractivity contribution in [3.63, 3.8) is 0 Å². The van der Waals surface area contributed by atoms with Gasteiger partial charge in [0.1, 0.15) is 11.4 Å². The van der Waals surface area contributed by atoms with Crippen molar-refractivity contribution in [2.24, 2.45) is 0 Å². The first-order valence-electron chi connectivity index (χ1n) is 5.54. The SMILES string of the molecule is O=C(NC1(C(=O)O)CCSC1)c1cccc(Br)c1F. The smallest absolute Gasteiger partial charge is 0.330 e. The number of carbonyl (C=O) groups is 2. The van der Waals surface area contributed by atoms with Crippen molar-refractivity contribution < 1.29 is 19.1 Å². The number of carboxylic acids is 1. The normalized spacial score (nSPS) is 22.2. The van der Waals surface area contributed by atoms with Crippen molar-refractivity contribution in [1.29, 1.82) is 0 Å². The number of carbonyl (C=O) groups excluding carboxylic acids is 1. The number of nitrogens with one attached hydrogen (secondary N) is 1. The number of amides is 1. The Bertz CT molecular complexity index is 532. The number of halogens is 2. The van der Waals surface area contributed by atoms with Crippen LogP contribution in [0.5, 0.6) is 0 Å². The van der Waals surface area contributed by atoms with E-state index in [4.69, 9.17) is 0 Å². The van der Waals surface area contributed by atoms with Gasteiger partial charge in [0.25, 0.3) is 5.91 Å². The highest BCUT2D eigenvalue weighted by Crippen LogP contribution is 2.29. The number of benzene rings is 1. The first kappa shape index (κ1) is 14.3. The van der Waals surface area contributed by atoms with Crippen LogP contribution in [0.3, 0.4) is 0 Å². The van der Waals surface area contributed by atoms with Gasteiger partial charge in [-0.2, -0.15) is 11.8 Å². The molecule has 0 aliphatic carbocycles. The fraction of sp³-hybridized carbons (Fsp3) is 0.333. The molecule has 1 unspecified atom stereocenters. The summed E-state index contributed by atoms with van der Waals surface area (Å²) in [6.45, 7) is 0. The van der Waals surface area contributed by atoms with Gasteiger partial charge in [-0.3, -0.25) is 4.79 Å². The average Bonchev–Trinajstić information content (AvgIpc) is 2.82. The van der Waals surface area contributed by atoms with Crippen LogP contribution in [0.1, 0.15) is 16.8 Å². The van der Waals surface area contributed by atoms with E-state index in [1.807, 2.05) is 0 Å². The standard InChI is InChI=1S/C12H11BrFNO3S/c13-8-3-1-2-7(9(8)14)10(16)15-12(11(17)18)4-5-19-6-12/h1-3H,4-6H2,(H,15,16)(H,17,18). The summed E-state index contributed by atoms with van der Waals surface area (Å²) < 4.78 is 14.0. The van der Waals surface area contributed by atoms with Crippen LogP contribution in [0.2, 0.25) is 0 Å². The molecule has 102 valence electrons. The Morgan fingerprint density at radius 1 is 1.47 bits per heavy atom. The number of aliphatic carboxylic acids is 1. The van der Waals surface area contributed by atoms with Gasteiger partial charge in [0.2, 0.25) is 0 Å². The summed E-state index contributed by atoms with van der Waals surface area (Å²) in [6, 6.07) is 4.33. The van der Waals surface area contributed by atoms with Crippen molar-refractivity contribution in [3.05, 3.63) is 34.1 Å². The van der Waals surface area contributed by atoms with Gasteiger partial charge >= 0.3 is 5.97 Å². The second kappa shape index (κ2) is 5.50. The largest absolute Gasteiger partial charge is 0.479 e. The van der Waals surface area contributed by atoms with Gasteiger partial charge in [-0.25, -0.2) is 9.18 Å². The Hall–Kier alpha value is -1.08. The Morgan fingerprint density at radius 2 is 2.21 bits per heavy atom. The molecule has 19 heavy (non-hydrogen) atoms. The fourth-order valence-electron chi connectivity index (χ4n) is 1.85. The predicted molar refractivity (Wildman–Crippen MR) is 73.9 cm³/mol. The molecule has 1 aromatic rings. The summed E-state index contributed by atoms with van der Waals surface area (Å²) in [5.74, 6) is -1.52. The zero-order valence-electron chi connectivity index (χ0n) is 9.78. The van der Waals surface area contributed by atoms with Crippen LogP contribution in [0, 0.1) is 5.82 Å². The highest BCUT2D eigenvalue weighted by Gasteiger charge is 2.43. The van der Waals surface area contributed by atoms with Crippen LogP contribution in [-0.4, -0.2) is 34.0 Å². The third kappa shape index (κ3) is 2.76. The molecule has 2 rings (SSSR count). The molecular weight excluding hydrogens is 337 g/mol. The lowest BCUT2D eigenvalue weighted by atomic mass is 9.98. The molecule has 2 N–H and O–H groups in total.